The number of aliphatic hydroxyl groups excluding tert-OH is 1. The third kappa shape index (κ3) is 4.70. The van der Waals surface area contributed by atoms with Gasteiger partial charge >= 0.3 is 0 Å². The first-order chi connectivity index (χ1) is 10.4. The highest BCUT2D eigenvalue weighted by Gasteiger charge is 2.11. The predicted molar refractivity (Wildman–Crippen MR) is 88.9 cm³/mol. The van der Waals surface area contributed by atoms with E-state index in [0.717, 1.165) is 6.21 Å². The maximum atomic E-state index is 14.3. The molecule has 0 heterocycles. The number of hydrogen-bond acceptors (Lipinski definition) is 4. The average molecular weight is 301 g/mol. The van der Waals surface area contributed by atoms with Crippen LogP contribution >= 0.6 is 0 Å². The molecular formula is C17H20FN3O. The van der Waals surface area contributed by atoms with E-state index in [1.54, 1.807) is 6.07 Å². The van der Waals surface area contributed by atoms with Crippen LogP contribution in [-0.4, -0.2) is 17.0 Å². The second kappa shape index (κ2) is 7.93. The third-order valence-corrected chi connectivity index (χ3v) is 3.05. The molecule has 0 radical (unpaired) electrons. The Morgan fingerprint density at radius 3 is 2.59 bits per heavy atom. The van der Waals surface area contributed by atoms with Crippen molar-refractivity contribution in [1.82, 2.24) is 0 Å². The molecule has 0 aliphatic heterocycles. The predicted octanol–water partition coefficient (Wildman–Crippen LogP) is 3.94. The number of nitrogens with one attached hydrogen (secondary N) is 2. The Kier molecular flexibility index (Phi) is 6.25. The van der Waals surface area contributed by atoms with Crippen molar-refractivity contribution in [3.8, 4) is 0 Å². The molecule has 116 valence electrons. The fourth-order valence-electron chi connectivity index (χ4n) is 1.90. The van der Waals surface area contributed by atoms with Crippen molar-refractivity contribution >= 4 is 17.5 Å². The molecule has 0 aliphatic carbocycles. The van der Waals surface area contributed by atoms with Gasteiger partial charge in [0.25, 0.3) is 0 Å². The first kappa shape index (κ1) is 17.4. The van der Waals surface area contributed by atoms with Crippen molar-refractivity contribution in [1.29, 1.82) is 10.8 Å². The van der Waals surface area contributed by atoms with Gasteiger partial charge in [0.1, 0.15) is 5.82 Å². The van der Waals surface area contributed by atoms with E-state index in [0.29, 0.717) is 29.7 Å². The molecule has 5 heteroatoms. The fourth-order valence-corrected chi connectivity index (χ4v) is 1.90. The highest BCUT2D eigenvalue weighted by Crippen LogP contribution is 2.24. The number of nitrogens with two attached hydrogens (primary N) is 1. The number of aliphatic hydroxyl groups is 1. The summed E-state index contributed by atoms with van der Waals surface area (Å²) in [5.41, 5.74) is 7.22. The molecule has 0 saturated carbocycles. The zero-order valence-corrected chi connectivity index (χ0v) is 12.5. The van der Waals surface area contributed by atoms with Gasteiger partial charge in [0.15, 0.2) is 0 Å². The van der Waals surface area contributed by atoms with Gasteiger partial charge in [-0.1, -0.05) is 18.7 Å². The molecule has 1 aromatic rings. The minimum atomic E-state index is -0.535. The van der Waals surface area contributed by atoms with E-state index in [-0.39, 0.29) is 17.0 Å². The van der Waals surface area contributed by atoms with Gasteiger partial charge in [0.05, 0.1) is 5.76 Å². The van der Waals surface area contributed by atoms with Gasteiger partial charge in [0, 0.05) is 28.8 Å². The average Bonchev–Trinajstić information content (AvgIpc) is 2.46. The maximum Gasteiger partial charge on any atom is 0.131 e. The van der Waals surface area contributed by atoms with Crippen LogP contribution in [-0.2, 0) is 0 Å². The summed E-state index contributed by atoms with van der Waals surface area (Å²) in [5.74, 6) is -0.578. The molecule has 0 amide bonds. The monoisotopic (exact) mass is 301 g/mol. The van der Waals surface area contributed by atoms with Crippen molar-refractivity contribution in [3.05, 3.63) is 65.3 Å². The molecule has 0 fully saturated rings. The summed E-state index contributed by atoms with van der Waals surface area (Å²) in [6.45, 7) is 5.02. The van der Waals surface area contributed by atoms with Crippen molar-refractivity contribution < 1.29 is 9.50 Å². The van der Waals surface area contributed by atoms with Crippen molar-refractivity contribution in [3.63, 3.8) is 0 Å². The van der Waals surface area contributed by atoms with E-state index < -0.39 is 5.82 Å². The molecule has 1 aromatic carbocycles. The molecule has 1 rings (SSSR count). The lowest BCUT2D eigenvalue weighted by molar-refractivity contribution is 0.417. The van der Waals surface area contributed by atoms with Crippen LogP contribution in [0.25, 0.3) is 5.57 Å². The lowest BCUT2D eigenvalue weighted by Gasteiger charge is -2.09. The number of hydrogen-bond donors (Lipinski definition) is 4. The summed E-state index contributed by atoms with van der Waals surface area (Å²) in [6.07, 6.45) is 4.78. The molecule has 22 heavy (non-hydrogen) atoms. The van der Waals surface area contributed by atoms with Gasteiger partial charge in [-0.05, 0) is 43.5 Å². The van der Waals surface area contributed by atoms with E-state index >= 15 is 0 Å². The summed E-state index contributed by atoms with van der Waals surface area (Å²) in [7, 11) is 0. The van der Waals surface area contributed by atoms with E-state index in [9.17, 15) is 9.50 Å². The van der Waals surface area contributed by atoms with Crippen LogP contribution in [0.3, 0.4) is 0 Å². The normalized spacial score (nSPS) is 12.1. The molecule has 0 spiro atoms. The first-order valence-electron chi connectivity index (χ1n) is 6.74. The molecule has 4 nitrogen and oxygen atoms in total. The minimum Gasteiger partial charge on any atom is -0.512 e. The summed E-state index contributed by atoms with van der Waals surface area (Å²) in [4.78, 5) is 0. The standard InChI is InChI=1S/C17H20FN3O/c1-11(20)5-8-17(21)13-6-7-15(16(18)10-13)14(12(2)22)4-3-9-19/h3-4,6-7,9-10,19,21-22H,1,5,8,20H2,2H3/b4-3-,14-12-,19-9?,21-17?. The summed E-state index contributed by atoms with van der Waals surface area (Å²) >= 11 is 0. The van der Waals surface area contributed by atoms with E-state index in [1.165, 1.54) is 31.2 Å². The number of rotatable bonds is 7. The Labute approximate surface area is 129 Å². The zero-order chi connectivity index (χ0) is 16.7. The lowest BCUT2D eigenvalue weighted by atomic mass is 9.98. The van der Waals surface area contributed by atoms with Gasteiger partial charge in [-0.2, -0.15) is 0 Å². The van der Waals surface area contributed by atoms with Gasteiger partial charge in [-0.25, -0.2) is 4.39 Å². The molecule has 0 atom stereocenters. The van der Waals surface area contributed by atoms with Crippen LogP contribution in [0.4, 0.5) is 4.39 Å². The molecule has 0 aromatic heterocycles. The minimum absolute atomic E-state index is 0.0424. The third-order valence-electron chi connectivity index (χ3n) is 3.05. The highest BCUT2D eigenvalue weighted by atomic mass is 19.1. The van der Waals surface area contributed by atoms with Crippen LogP contribution in [0.5, 0.6) is 0 Å². The smallest absolute Gasteiger partial charge is 0.131 e. The van der Waals surface area contributed by atoms with Gasteiger partial charge in [-0.15, -0.1) is 0 Å². The lowest BCUT2D eigenvalue weighted by Crippen LogP contribution is -2.04. The SMILES string of the molecule is C=C(N)CCC(=N)c1ccc(C(/C=C\C=N)=C(/C)O)c(F)c1. The number of halogens is 1. The summed E-state index contributed by atoms with van der Waals surface area (Å²) in [6, 6.07) is 4.40. The maximum absolute atomic E-state index is 14.3. The van der Waals surface area contributed by atoms with Crippen LogP contribution in [0, 0.1) is 16.6 Å². The van der Waals surface area contributed by atoms with Gasteiger partial charge in [0.2, 0.25) is 0 Å². The van der Waals surface area contributed by atoms with Crippen molar-refractivity contribution in [2.45, 2.75) is 19.8 Å². The quantitative estimate of drug-likeness (QED) is 0.349. The Hall–Kier alpha value is -2.69. The van der Waals surface area contributed by atoms with E-state index in [1.807, 2.05) is 0 Å². The largest absolute Gasteiger partial charge is 0.512 e. The summed E-state index contributed by atoms with van der Waals surface area (Å²) in [5, 5.41) is 24.6. The fraction of sp³-hybridized carbons (Fsp3) is 0.176. The van der Waals surface area contributed by atoms with Crippen LogP contribution in [0.2, 0.25) is 0 Å². The Bertz CT molecular complexity index is 656. The number of benzene rings is 1. The van der Waals surface area contributed by atoms with Gasteiger partial charge in [-0.3, -0.25) is 0 Å². The summed E-state index contributed by atoms with van der Waals surface area (Å²) < 4.78 is 14.3. The topological polar surface area (TPSA) is 94.0 Å². The van der Waals surface area contributed by atoms with Crippen molar-refractivity contribution in [2.75, 3.05) is 0 Å². The Morgan fingerprint density at radius 2 is 2.09 bits per heavy atom. The first-order valence-corrected chi connectivity index (χ1v) is 6.74. The molecule has 0 bridgehead atoms. The molecule has 0 unspecified atom stereocenters. The number of allylic oxidation sites excluding steroid dienone is 5. The Morgan fingerprint density at radius 1 is 1.41 bits per heavy atom. The zero-order valence-electron chi connectivity index (χ0n) is 12.5. The molecule has 0 saturated heterocycles. The van der Waals surface area contributed by atoms with Crippen LogP contribution in [0.15, 0.2) is 48.4 Å². The van der Waals surface area contributed by atoms with Crippen molar-refractivity contribution in [2.24, 2.45) is 5.73 Å². The van der Waals surface area contributed by atoms with Crippen LogP contribution < -0.4 is 5.73 Å². The highest BCUT2D eigenvalue weighted by molar-refractivity contribution is 5.98. The molecule has 0 aliphatic rings. The van der Waals surface area contributed by atoms with Gasteiger partial charge < -0.3 is 21.7 Å². The molecular weight excluding hydrogens is 281 g/mol. The second-order valence-corrected chi connectivity index (χ2v) is 4.86. The molecule has 5 N–H and O–H groups in total. The Balaban J connectivity index is 3.10. The van der Waals surface area contributed by atoms with Crippen LogP contribution in [0.1, 0.15) is 30.9 Å². The second-order valence-electron chi connectivity index (χ2n) is 4.86. The van der Waals surface area contributed by atoms with E-state index in [2.05, 4.69) is 6.58 Å². The van der Waals surface area contributed by atoms with E-state index in [4.69, 9.17) is 16.6 Å².